The van der Waals surface area contributed by atoms with Crippen LogP contribution in [-0.2, 0) is 4.79 Å². The van der Waals surface area contributed by atoms with Crippen molar-refractivity contribution in [2.24, 2.45) is 17.8 Å². The summed E-state index contributed by atoms with van der Waals surface area (Å²) in [6.45, 7) is 9.89. The van der Waals surface area contributed by atoms with Gasteiger partial charge in [0.05, 0.1) is 6.10 Å². The van der Waals surface area contributed by atoms with E-state index in [0.29, 0.717) is 23.8 Å². The van der Waals surface area contributed by atoms with Crippen LogP contribution in [0.1, 0.15) is 47.5 Å². The van der Waals surface area contributed by atoms with Crippen molar-refractivity contribution in [3.63, 3.8) is 0 Å². The fourth-order valence-corrected chi connectivity index (χ4v) is 1.93. The first-order valence-corrected chi connectivity index (χ1v) is 6.33. The van der Waals surface area contributed by atoms with Crippen LogP contribution < -0.4 is 0 Å². The monoisotopic (exact) mass is 242 g/mol. The summed E-state index contributed by atoms with van der Waals surface area (Å²) in [5, 5.41) is 18.9. The van der Waals surface area contributed by atoms with Crippen molar-refractivity contribution in [1.82, 2.24) is 0 Å². The van der Waals surface area contributed by atoms with Gasteiger partial charge in [-0.25, -0.2) is 4.79 Å². The summed E-state index contributed by atoms with van der Waals surface area (Å²) in [5.74, 6) is 0.0509. The van der Waals surface area contributed by atoms with E-state index in [9.17, 15) is 9.90 Å². The van der Waals surface area contributed by atoms with E-state index < -0.39 is 5.97 Å². The highest BCUT2D eigenvalue weighted by Gasteiger charge is 2.22. The van der Waals surface area contributed by atoms with Crippen LogP contribution in [0.15, 0.2) is 11.6 Å². The first kappa shape index (κ1) is 16.2. The average molecular weight is 242 g/mol. The van der Waals surface area contributed by atoms with Gasteiger partial charge in [0.1, 0.15) is 0 Å². The molecule has 17 heavy (non-hydrogen) atoms. The third-order valence-electron chi connectivity index (χ3n) is 3.10. The zero-order valence-electron chi connectivity index (χ0n) is 11.6. The second-order valence-corrected chi connectivity index (χ2v) is 5.53. The summed E-state index contributed by atoms with van der Waals surface area (Å²) in [5.41, 5.74) is 0.354. The molecule has 0 aromatic heterocycles. The third-order valence-corrected chi connectivity index (χ3v) is 3.10. The van der Waals surface area contributed by atoms with E-state index >= 15 is 0 Å². The lowest BCUT2D eigenvalue weighted by Crippen LogP contribution is -2.26. The second kappa shape index (κ2) is 7.49. The highest BCUT2D eigenvalue weighted by atomic mass is 16.4. The molecule has 0 heterocycles. The molecule has 0 aliphatic heterocycles. The van der Waals surface area contributed by atoms with E-state index in [0.717, 1.165) is 6.42 Å². The second-order valence-electron chi connectivity index (χ2n) is 5.53. The highest BCUT2D eigenvalue weighted by molar-refractivity contribution is 5.85. The summed E-state index contributed by atoms with van der Waals surface area (Å²) in [4.78, 5) is 10.7. The fraction of sp³-hybridized carbons (Fsp3) is 0.786. The number of aliphatic hydroxyl groups is 1. The number of carbonyl (C=O) groups is 1. The molecule has 2 unspecified atom stereocenters. The standard InChI is InChI=1S/C14H26O3/c1-9(2)8-13(15)12(10(3)4)7-6-11(5)14(16)17/h6,9-10,12-13,15H,7-8H2,1-5H3,(H,16,17)/b11-6+. The molecule has 0 rings (SSSR count). The van der Waals surface area contributed by atoms with Gasteiger partial charge in [-0.1, -0.05) is 33.8 Å². The van der Waals surface area contributed by atoms with Crippen molar-refractivity contribution >= 4 is 5.97 Å². The molecule has 0 aromatic rings. The number of hydrogen-bond donors (Lipinski definition) is 2. The molecule has 0 saturated carbocycles. The minimum atomic E-state index is -0.883. The first-order valence-electron chi connectivity index (χ1n) is 6.33. The van der Waals surface area contributed by atoms with Gasteiger partial charge in [0.2, 0.25) is 0 Å². The summed E-state index contributed by atoms with van der Waals surface area (Å²) in [7, 11) is 0. The Hall–Kier alpha value is -0.830. The number of aliphatic carboxylic acids is 1. The minimum absolute atomic E-state index is 0.131. The van der Waals surface area contributed by atoms with Crippen LogP contribution in [0.4, 0.5) is 0 Å². The summed E-state index contributed by atoms with van der Waals surface area (Å²) in [6, 6.07) is 0. The maximum atomic E-state index is 10.7. The molecule has 2 atom stereocenters. The van der Waals surface area contributed by atoms with Crippen LogP contribution in [0.25, 0.3) is 0 Å². The molecule has 3 heteroatoms. The van der Waals surface area contributed by atoms with Crippen LogP contribution in [0.3, 0.4) is 0 Å². The number of hydrogen-bond acceptors (Lipinski definition) is 2. The van der Waals surface area contributed by atoms with Crippen molar-refractivity contribution in [1.29, 1.82) is 0 Å². The van der Waals surface area contributed by atoms with Gasteiger partial charge in [0, 0.05) is 5.57 Å². The van der Waals surface area contributed by atoms with E-state index in [1.165, 1.54) is 0 Å². The van der Waals surface area contributed by atoms with Gasteiger partial charge in [-0.05, 0) is 37.5 Å². The molecule has 0 amide bonds. The number of carboxylic acids is 1. The normalized spacial score (nSPS) is 16.4. The number of rotatable bonds is 7. The molecule has 0 aliphatic rings. The lowest BCUT2D eigenvalue weighted by atomic mass is 9.83. The molecule has 2 N–H and O–H groups in total. The maximum absolute atomic E-state index is 10.7. The Morgan fingerprint density at radius 1 is 1.24 bits per heavy atom. The van der Waals surface area contributed by atoms with Crippen molar-refractivity contribution in [2.75, 3.05) is 0 Å². The van der Waals surface area contributed by atoms with Gasteiger partial charge in [0.25, 0.3) is 0 Å². The SMILES string of the molecule is C/C(=C\CC(C(C)C)C(O)CC(C)C)C(=O)O. The third kappa shape index (κ3) is 6.47. The highest BCUT2D eigenvalue weighted by Crippen LogP contribution is 2.25. The smallest absolute Gasteiger partial charge is 0.330 e. The van der Waals surface area contributed by atoms with Crippen molar-refractivity contribution < 1.29 is 15.0 Å². The van der Waals surface area contributed by atoms with Gasteiger partial charge >= 0.3 is 5.97 Å². The molecule has 3 nitrogen and oxygen atoms in total. The Kier molecular flexibility index (Phi) is 7.12. The molecule has 0 fully saturated rings. The van der Waals surface area contributed by atoms with E-state index in [-0.39, 0.29) is 12.0 Å². The molecule has 0 saturated heterocycles. The molecular weight excluding hydrogens is 216 g/mol. The Balaban J connectivity index is 4.54. The summed E-state index contributed by atoms with van der Waals surface area (Å²) in [6.07, 6.45) is 2.76. The fourth-order valence-electron chi connectivity index (χ4n) is 1.93. The Morgan fingerprint density at radius 3 is 2.12 bits per heavy atom. The van der Waals surface area contributed by atoms with Crippen molar-refractivity contribution in [2.45, 2.75) is 53.6 Å². The van der Waals surface area contributed by atoms with Crippen LogP contribution in [-0.4, -0.2) is 22.3 Å². The quantitative estimate of drug-likeness (QED) is 0.674. The Labute approximate surface area is 105 Å². The lowest BCUT2D eigenvalue weighted by Gasteiger charge is -2.26. The van der Waals surface area contributed by atoms with Crippen LogP contribution >= 0.6 is 0 Å². The Bertz CT molecular complexity index is 267. The predicted molar refractivity (Wildman–Crippen MR) is 69.8 cm³/mol. The molecule has 0 aliphatic carbocycles. The van der Waals surface area contributed by atoms with Gasteiger partial charge in [-0.3, -0.25) is 0 Å². The van der Waals surface area contributed by atoms with E-state index in [1.807, 2.05) is 0 Å². The maximum Gasteiger partial charge on any atom is 0.330 e. The first-order chi connectivity index (χ1) is 7.75. The molecule has 0 spiro atoms. The van der Waals surface area contributed by atoms with Gasteiger partial charge in [0.15, 0.2) is 0 Å². The van der Waals surface area contributed by atoms with E-state index in [1.54, 1.807) is 13.0 Å². The number of carboxylic acid groups (broad SMARTS) is 1. The van der Waals surface area contributed by atoms with Gasteiger partial charge in [-0.15, -0.1) is 0 Å². The summed E-state index contributed by atoms with van der Waals surface area (Å²) >= 11 is 0. The molecule has 100 valence electrons. The topological polar surface area (TPSA) is 57.5 Å². The predicted octanol–water partition coefficient (Wildman–Crippen LogP) is 3.09. The number of allylic oxidation sites excluding steroid dienone is 1. The van der Waals surface area contributed by atoms with Crippen molar-refractivity contribution in [3.05, 3.63) is 11.6 Å². The Morgan fingerprint density at radius 2 is 1.76 bits per heavy atom. The van der Waals surface area contributed by atoms with E-state index in [2.05, 4.69) is 27.7 Å². The molecule has 0 aromatic carbocycles. The molecule has 0 radical (unpaired) electrons. The molecular formula is C14H26O3. The average Bonchev–Trinajstić information content (AvgIpc) is 2.15. The van der Waals surface area contributed by atoms with Crippen LogP contribution in [0.2, 0.25) is 0 Å². The zero-order chi connectivity index (χ0) is 13.6. The lowest BCUT2D eigenvalue weighted by molar-refractivity contribution is -0.132. The minimum Gasteiger partial charge on any atom is -0.478 e. The van der Waals surface area contributed by atoms with E-state index in [4.69, 9.17) is 5.11 Å². The van der Waals surface area contributed by atoms with Gasteiger partial charge in [-0.2, -0.15) is 0 Å². The zero-order valence-corrected chi connectivity index (χ0v) is 11.6. The number of aliphatic hydroxyl groups excluding tert-OH is 1. The van der Waals surface area contributed by atoms with Gasteiger partial charge < -0.3 is 10.2 Å². The molecule has 0 bridgehead atoms. The van der Waals surface area contributed by atoms with Crippen LogP contribution in [0, 0.1) is 17.8 Å². The van der Waals surface area contributed by atoms with Crippen LogP contribution in [0.5, 0.6) is 0 Å². The van der Waals surface area contributed by atoms with Crippen molar-refractivity contribution in [3.8, 4) is 0 Å². The largest absolute Gasteiger partial charge is 0.478 e. The summed E-state index contributed by atoms with van der Waals surface area (Å²) < 4.78 is 0.